The predicted octanol–water partition coefficient (Wildman–Crippen LogP) is 4.46. The number of hydrogen-bond acceptors (Lipinski definition) is 3. The van der Waals surface area contributed by atoms with Crippen molar-refractivity contribution in [1.29, 1.82) is 0 Å². The van der Waals surface area contributed by atoms with E-state index in [1.807, 2.05) is 99.6 Å². The van der Waals surface area contributed by atoms with Crippen molar-refractivity contribution in [3.8, 4) is 5.75 Å². The van der Waals surface area contributed by atoms with Crippen molar-refractivity contribution < 1.29 is 14.3 Å². The van der Waals surface area contributed by atoms with E-state index in [2.05, 4.69) is 5.32 Å². The molecular formula is C28H32N2O3. The van der Waals surface area contributed by atoms with Crippen molar-refractivity contribution >= 4 is 11.8 Å². The van der Waals surface area contributed by atoms with Gasteiger partial charge in [-0.15, -0.1) is 0 Å². The third kappa shape index (κ3) is 7.21. The van der Waals surface area contributed by atoms with E-state index in [1.54, 1.807) is 4.90 Å². The average molecular weight is 445 g/mol. The zero-order valence-corrected chi connectivity index (χ0v) is 19.6. The number of aryl methyl sites for hydroxylation is 2. The normalized spacial score (nSPS) is 11.5. The van der Waals surface area contributed by atoms with E-state index in [-0.39, 0.29) is 18.4 Å². The van der Waals surface area contributed by atoms with E-state index in [9.17, 15) is 9.59 Å². The summed E-state index contributed by atoms with van der Waals surface area (Å²) in [5.41, 5.74) is 4.13. The van der Waals surface area contributed by atoms with Crippen LogP contribution in [0.1, 0.15) is 29.2 Å². The highest BCUT2D eigenvalue weighted by atomic mass is 16.5. The molecule has 0 saturated carbocycles. The third-order valence-electron chi connectivity index (χ3n) is 5.41. The van der Waals surface area contributed by atoms with E-state index in [0.29, 0.717) is 25.3 Å². The summed E-state index contributed by atoms with van der Waals surface area (Å²) in [6.07, 6.45) is 0.425. The molecule has 3 rings (SSSR count). The van der Waals surface area contributed by atoms with Gasteiger partial charge in [-0.05, 0) is 49.6 Å². The van der Waals surface area contributed by atoms with Gasteiger partial charge in [-0.2, -0.15) is 0 Å². The van der Waals surface area contributed by atoms with Crippen molar-refractivity contribution in [2.45, 2.75) is 39.8 Å². The lowest BCUT2D eigenvalue weighted by Crippen LogP contribution is -2.51. The molecule has 0 aromatic heterocycles. The maximum Gasteiger partial charge on any atom is 0.261 e. The summed E-state index contributed by atoms with van der Waals surface area (Å²) < 4.78 is 5.81. The molecule has 0 fully saturated rings. The molecule has 0 spiro atoms. The summed E-state index contributed by atoms with van der Waals surface area (Å²) in [7, 11) is 0. The lowest BCUT2D eigenvalue weighted by molar-refractivity contribution is -0.142. The fraction of sp³-hybridized carbons (Fsp3) is 0.286. The van der Waals surface area contributed by atoms with Crippen LogP contribution in [-0.2, 0) is 22.6 Å². The summed E-state index contributed by atoms with van der Waals surface area (Å²) in [6, 6.07) is 24.7. The van der Waals surface area contributed by atoms with E-state index in [0.717, 1.165) is 22.3 Å². The van der Waals surface area contributed by atoms with Gasteiger partial charge in [0.05, 0.1) is 0 Å². The molecule has 1 atom stereocenters. The zero-order chi connectivity index (χ0) is 23.6. The first-order valence-electron chi connectivity index (χ1n) is 11.3. The summed E-state index contributed by atoms with van der Waals surface area (Å²) in [4.78, 5) is 28.2. The summed E-state index contributed by atoms with van der Waals surface area (Å²) in [5, 5.41) is 2.91. The van der Waals surface area contributed by atoms with Crippen LogP contribution in [0.5, 0.6) is 5.75 Å². The molecule has 172 valence electrons. The van der Waals surface area contributed by atoms with Gasteiger partial charge in [0.15, 0.2) is 6.61 Å². The molecule has 33 heavy (non-hydrogen) atoms. The van der Waals surface area contributed by atoms with Crippen LogP contribution in [0.4, 0.5) is 0 Å². The molecule has 5 nitrogen and oxygen atoms in total. The lowest BCUT2D eigenvalue weighted by Gasteiger charge is -2.31. The molecule has 2 amide bonds. The van der Waals surface area contributed by atoms with Crippen molar-refractivity contribution in [2.24, 2.45) is 0 Å². The molecule has 0 aliphatic carbocycles. The quantitative estimate of drug-likeness (QED) is 0.502. The number of benzene rings is 3. The number of nitrogens with zero attached hydrogens (tertiary/aromatic N) is 1. The Morgan fingerprint density at radius 3 is 2.21 bits per heavy atom. The maximum atomic E-state index is 13.5. The smallest absolute Gasteiger partial charge is 0.261 e. The highest BCUT2D eigenvalue weighted by molar-refractivity contribution is 5.88. The second-order valence-corrected chi connectivity index (χ2v) is 8.22. The van der Waals surface area contributed by atoms with Crippen LogP contribution in [0, 0.1) is 13.8 Å². The minimum atomic E-state index is -0.651. The highest BCUT2D eigenvalue weighted by Crippen LogP contribution is 2.17. The number of rotatable bonds is 10. The van der Waals surface area contributed by atoms with Crippen LogP contribution in [0.15, 0.2) is 78.9 Å². The first-order chi connectivity index (χ1) is 16.0. The monoisotopic (exact) mass is 444 g/mol. The molecule has 0 heterocycles. The Kier molecular flexibility index (Phi) is 8.64. The summed E-state index contributed by atoms with van der Waals surface area (Å²) in [5.74, 6) is 0.236. The van der Waals surface area contributed by atoms with Gasteiger partial charge in [-0.1, -0.05) is 72.3 Å². The first kappa shape index (κ1) is 24.1. The molecule has 0 saturated heterocycles. The van der Waals surface area contributed by atoms with Crippen molar-refractivity contribution in [2.75, 3.05) is 13.2 Å². The molecule has 0 radical (unpaired) electrons. The Hall–Kier alpha value is -3.60. The molecule has 0 bridgehead atoms. The van der Waals surface area contributed by atoms with Crippen LogP contribution in [0.3, 0.4) is 0 Å². The number of likely N-dealkylation sites (N-methyl/N-ethyl adjacent to an activating group) is 1. The SMILES string of the molecule is CCNC(=O)C(Cc1ccccc1)N(Cc1cccc(C)c1)C(=O)COc1cccc(C)c1. The third-order valence-corrected chi connectivity index (χ3v) is 5.41. The van der Waals surface area contributed by atoms with Crippen LogP contribution in [0.25, 0.3) is 0 Å². The van der Waals surface area contributed by atoms with Gasteiger partial charge in [0.1, 0.15) is 11.8 Å². The molecule has 1 unspecified atom stereocenters. The van der Waals surface area contributed by atoms with Crippen molar-refractivity contribution in [3.05, 3.63) is 101 Å². The Morgan fingerprint density at radius 1 is 0.879 bits per heavy atom. The van der Waals surface area contributed by atoms with E-state index < -0.39 is 6.04 Å². The van der Waals surface area contributed by atoms with Gasteiger partial charge in [0.2, 0.25) is 5.91 Å². The van der Waals surface area contributed by atoms with Gasteiger partial charge < -0.3 is 15.0 Å². The molecular weight excluding hydrogens is 412 g/mol. The van der Waals surface area contributed by atoms with Crippen LogP contribution in [0.2, 0.25) is 0 Å². The Bertz CT molecular complexity index is 1070. The second kappa shape index (κ2) is 11.9. The van der Waals surface area contributed by atoms with Gasteiger partial charge >= 0.3 is 0 Å². The van der Waals surface area contributed by atoms with Gasteiger partial charge in [-0.3, -0.25) is 9.59 Å². The molecule has 3 aromatic carbocycles. The van der Waals surface area contributed by atoms with Crippen LogP contribution >= 0.6 is 0 Å². The number of hydrogen-bond donors (Lipinski definition) is 1. The van der Waals surface area contributed by atoms with Crippen molar-refractivity contribution in [1.82, 2.24) is 10.2 Å². The molecule has 0 aliphatic rings. The van der Waals surface area contributed by atoms with Crippen molar-refractivity contribution in [3.63, 3.8) is 0 Å². The minimum Gasteiger partial charge on any atom is -0.484 e. The summed E-state index contributed by atoms with van der Waals surface area (Å²) in [6.45, 7) is 6.55. The molecule has 1 N–H and O–H groups in total. The molecule has 3 aromatic rings. The highest BCUT2D eigenvalue weighted by Gasteiger charge is 2.30. The van der Waals surface area contributed by atoms with E-state index in [4.69, 9.17) is 4.74 Å². The average Bonchev–Trinajstić information content (AvgIpc) is 2.80. The largest absolute Gasteiger partial charge is 0.484 e. The van der Waals surface area contributed by atoms with E-state index in [1.165, 1.54) is 0 Å². The molecule has 0 aliphatic heterocycles. The summed E-state index contributed by atoms with van der Waals surface area (Å²) >= 11 is 0. The van der Waals surface area contributed by atoms with Crippen LogP contribution < -0.4 is 10.1 Å². The van der Waals surface area contributed by atoms with Gasteiger partial charge in [0.25, 0.3) is 5.91 Å². The fourth-order valence-corrected chi connectivity index (χ4v) is 3.79. The Morgan fingerprint density at radius 2 is 1.55 bits per heavy atom. The zero-order valence-electron chi connectivity index (χ0n) is 19.6. The second-order valence-electron chi connectivity index (χ2n) is 8.22. The topological polar surface area (TPSA) is 58.6 Å². The number of carbonyl (C=O) groups is 2. The van der Waals surface area contributed by atoms with E-state index >= 15 is 0 Å². The maximum absolute atomic E-state index is 13.5. The standard InChI is InChI=1S/C28H32N2O3/c1-4-29-28(32)26(18-23-12-6-5-7-13-23)30(19-24-14-8-10-21(2)16-24)27(31)20-33-25-15-9-11-22(3)17-25/h5-17,26H,4,18-20H2,1-3H3,(H,29,32). The Balaban J connectivity index is 1.89. The van der Waals surface area contributed by atoms with Crippen LogP contribution in [-0.4, -0.2) is 35.9 Å². The Labute approximate surface area is 196 Å². The predicted molar refractivity (Wildman–Crippen MR) is 131 cm³/mol. The first-order valence-corrected chi connectivity index (χ1v) is 11.3. The fourth-order valence-electron chi connectivity index (χ4n) is 3.79. The number of carbonyl (C=O) groups excluding carboxylic acids is 2. The molecule has 5 heteroatoms. The number of nitrogens with one attached hydrogen (secondary N) is 1. The van der Waals surface area contributed by atoms with Gasteiger partial charge in [0, 0.05) is 19.5 Å². The lowest BCUT2D eigenvalue weighted by atomic mass is 10.0. The number of ether oxygens (including phenoxy) is 1. The number of amides is 2. The minimum absolute atomic E-state index is 0.139. The van der Waals surface area contributed by atoms with Gasteiger partial charge in [-0.25, -0.2) is 0 Å².